The van der Waals surface area contributed by atoms with Crippen LogP contribution in [0.3, 0.4) is 0 Å². The quantitative estimate of drug-likeness (QED) is 0.0979. The van der Waals surface area contributed by atoms with E-state index in [1.807, 2.05) is 97.1 Å². The van der Waals surface area contributed by atoms with E-state index in [-0.39, 0.29) is 18.9 Å². The maximum Gasteiger partial charge on any atom is 0.266 e. The lowest BCUT2D eigenvalue weighted by Crippen LogP contribution is -2.52. The van der Waals surface area contributed by atoms with E-state index in [0.29, 0.717) is 46.8 Å². The van der Waals surface area contributed by atoms with E-state index in [1.165, 1.54) is 0 Å². The fourth-order valence-corrected chi connectivity index (χ4v) is 5.46. The first-order chi connectivity index (χ1) is 21.9. The third-order valence-electron chi connectivity index (χ3n) is 7.22. The van der Waals surface area contributed by atoms with Crippen molar-refractivity contribution in [3.05, 3.63) is 140 Å². The van der Waals surface area contributed by atoms with Crippen LogP contribution in [0.5, 0.6) is 5.75 Å². The number of halogens is 3. The lowest BCUT2D eigenvalue weighted by Gasteiger charge is -2.30. The summed E-state index contributed by atoms with van der Waals surface area (Å²) >= 11 is 15.8. The van der Waals surface area contributed by atoms with E-state index in [2.05, 4.69) is 26.8 Å². The van der Waals surface area contributed by atoms with Crippen LogP contribution in [0.15, 0.2) is 113 Å². The molecule has 2 atom stereocenters. The maximum atomic E-state index is 14.3. The van der Waals surface area contributed by atoms with E-state index in [9.17, 15) is 4.79 Å². The highest BCUT2D eigenvalue weighted by atomic mass is 79.9. The molecule has 4 aromatic carbocycles. The molecule has 1 aliphatic heterocycles. The molecule has 0 aromatic heterocycles. The fourth-order valence-electron chi connectivity index (χ4n) is 4.88. The van der Waals surface area contributed by atoms with Gasteiger partial charge >= 0.3 is 0 Å². The van der Waals surface area contributed by atoms with Gasteiger partial charge in [-0.25, -0.2) is 10.4 Å². The van der Waals surface area contributed by atoms with E-state index in [1.54, 1.807) is 12.1 Å². The number of rotatable bonds is 13. The van der Waals surface area contributed by atoms with Crippen LogP contribution in [0.1, 0.15) is 41.2 Å². The summed E-state index contributed by atoms with van der Waals surface area (Å²) in [6, 6.07) is 30.2. The van der Waals surface area contributed by atoms with E-state index < -0.39 is 11.6 Å². The van der Waals surface area contributed by atoms with Crippen molar-refractivity contribution in [2.24, 2.45) is 4.99 Å². The minimum atomic E-state index is -1.35. The van der Waals surface area contributed by atoms with Gasteiger partial charge in [-0.1, -0.05) is 99.8 Å². The number of nitrogens with zero attached hydrogens (tertiary/aromatic N) is 1. The van der Waals surface area contributed by atoms with Crippen molar-refractivity contribution in [1.82, 2.24) is 10.9 Å². The molecule has 45 heavy (non-hydrogen) atoms. The smallest absolute Gasteiger partial charge is 0.266 e. The average molecular weight is 709 g/mol. The molecule has 1 heterocycles. The van der Waals surface area contributed by atoms with Gasteiger partial charge in [0, 0.05) is 36.0 Å². The molecule has 1 aliphatic rings. The highest BCUT2D eigenvalue weighted by molar-refractivity contribution is 9.10. The Kier molecular flexibility index (Phi) is 11.3. The van der Waals surface area contributed by atoms with Gasteiger partial charge in [-0.2, -0.15) is 0 Å². The first-order valence-electron chi connectivity index (χ1n) is 14.4. The van der Waals surface area contributed by atoms with Gasteiger partial charge in [0.25, 0.3) is 5.91 Å². The molecule has 0 saturated heterocycles. The minimum absolute atomic E-state index is 0.0609. The molecule has 0 spiro atoms. The molecule has 0 bridgehead atoms. The second-order valence-corrected chi connectivity index (χ2v) is 12.1. The molecule has 0 aliphatic carbocycles. The zero-order valence-corrected chi connectivity index (χ0v) is 27.4. The number of nitrogens with one attached hydrogen (secondary N) is 2. The Morgan fingerprint density at radius 1 is 1.00 bits per heavy atom. The van der Waals surface area contributed by atoms with Gasteiger partial charge < -0.3 is 14.6 Å². The number of aliphatic imine (C=N–C) groups is 1. The van der Waals surface area contributed by atoms with Gasteiger partial charge in [0.05, 0.1) is 16.7 Å². The Labute approximate surface area is 281 Å². The van der Waals surface area contributed by atoms with Crippen LogP contribution in [-0.4, -0.2) is 35.7 Å². The molecular weight excluding hydrogens is 677 g/mol. The Bertz CT molecular complexity index is 1650. The number of benzene rings is 4. The van der Waals surface area contributed by atoms with Crippen molar-refractivity contribution >= 4 is 57.0 Å². The van der Waals surface area contributed by atoms with Crippen LogP contribution in [0.25, 0.3) is 6.08 Å². The van der Waals surface area contributed by atoms with Crippen molar-refractivity contribution in [2.45, 2.75) is 31.0 Å². The highest BCUT2D eigenvalue weighted by Gasteiger charge is 2.52. The predicted octanol–water partition coefficient (Wildman–Crippen LogP) is 7.70. The van der Waals surface area contributed by atoms with Crippen LogP contribution < -0.4 is 15.6 Å². The summed E-state index contributed by atoms with van der Waals surface area (Å²) in [6.45, 7) is 0.785. The van der Waals surface area contributed by atoms with E-state index >= 15 is 0 Å². The van der Waals surface area contributed by atoms with Gasteiger partial charge in [0.15, 0.2) is 11.6 Å². The first-order valence-corrected chi connectivity index (χ1v) is 16.0. The molecule has 1 amide bonds. The first kappa shape index (κ1) is 32.7. The summed E-state index contributed by atoms with van der Waals surface area (Å²) < 4.78 is 13.2. The number of hydrogen-bond donors (Lipinski definition) is 3. The third kappa shape index (κ3) is 8.34. The number of hydrogen-bond acceptors (Lipinski definition) is 6. The summed E-state index contributed by atoms with van der Waals surface area (Å²) in [5.41, 5.74) is 7.92. The molecule has 0 radical (unpaired) electrons. The third-order valence-corrected chi connectivity index (χ3v) is 8.49. The lowest BCUT2D eigenvalue weighted by atomic mass is 9.84. The Balaban J connectivity index is 1.48. The minimum Gasteiger partial charge on any atom is -0.494 e. The average Bonchev–Trinajstić information content (AvgIpc) is 3.45. The topological polar surface area (TPSA) is 92.2 Å². The molecule has 4 aromatic rings. The normalized spacial score (nSPS) is 17.6. The van der Waals surface area contributed by atoms with Crippen LogP contribution >= 0.6 is 39.1 Å². The van der Waals surface area contributed by atoms with Gasteiger partial charge in [-0.15, -0.1) is 0 Å². The zero-order chi connectivity index (χ0) is 31.6. The molecule has 0 unspecified atom stereocenters. The van der Waals surface area contributed by atoms with Crippen molar-refractivity contribution in [1.29, 1.82) is 0 Å². The van der Waals surface area contributed by atoms with Crippen molar-refractivity contribution in [3.63, 3.8) is 0 Å². The summed E-state index contributed by atoms with van der Waals surface area (Å²) in [5, 5.41) is 9.94. The van der Waals surface area contributed by atoms with Gasteiger partial charge in [0.1, 0.15) is 5.75 Å². The molecule has 7 nitrogen and oxygen atoms in total. The second kappa shape index (κ2) is 15.6. The molecular formula is C35H32BrCl2N3O4. The van der Waals surface area contributed by atoms with Crippen molar-refractivity contribution < 1.29 is 19.4 Å². The SMILES string of the molecule is O=C(NNCc1ccc(Cl)c(Cl)c1)[C@@]1(C/C=C/c2ccccc2)N=C(c2ccc(OCCCO)cc2)O[C@H]1c1ccc(Br)cc1. The van der Waals surface area contributed by atoms with E-state index in [0.717, 1.165) is 21.2 Å². The van der Waals surface area contributed by atoms with Crippen molar-refractivity contribution in [3.8, 4) is 5.75 Å². The van der Waals surface area contributed by atoms with Crippen molar-refractivity contribution in [2.75, 3.05) is 13.2 Å². The predicted molar refractivity (Wildman–Crippen MR) is 182 cm³/mol. The largest absolute Gasteiger partial charge is 0.494 e. The Morgan fingerprint density at radius 2 is 1.76 bits per heavy atom. The van der Waals surface area contributed by atoms with Gasteiger partial charge in [-0.3, -0.25) is 10.2 Å². The molecule has 0 fully saturated rings. The number of carbonyl (C=O) groups excluding carboxylic acids is 1. The Morgan fingerprint density at radius 3 is 2.47 bits per heavy atom. The monoisotopic (exact) mass is 707 g/mol. The fraction of sp³-hybridized carbons (Fsp3) is 0.200. The van der Waals surface area contributed by atoms with Crippen LogP contribution in [0.4, 0.5) is 0 Å². The van der Waals surface area contributed by atoms with E-state index in [4.69, 9.17) is 42.8 Å². The summed E-state index contributed by atoms with van der Waals surface area (Å²) in [4.78, 5) is 19.3. The second-order valence-electron chi connectivity index (χ2n) is 10.4. The van der Waals surface area contributed by atoms with Crippen LogP contribution in [0, 0.1) is 0 Å². The molecule has 232 valence electrons. The molecule has 10 heteroatoms. The van der Waals surface area contributed by atoms with Crippen LogP contribution in [-0.2, 0) is 16.1 Å². The highest BCUT2D eigenvalue weighted by Crippen LogP contribution is 2.43. The number of ether oxygens (including phenoxy) is 2. The van der Waals surface area contributed by atoms with Gasteiger partial charge in [-0.05, 0) is 65.2 Å². The van der Waals surface area contributed by atoms with Gasteiger partial charge in [0.2, 0.25) is 5.90 Å². The molecule has 3 N–H and O–H groups in total. The number of carbonyl (C=O) groups is 1. The maximum absolute atomic E-state index is 14.3. The number of hydrazine groups is 1. The summed E-state index contributed by atoms with van der Waals surface area (Å²) in [5.74, 6) is 0.654. The number of amides is 1. The zero-order valence-electron chi connectivity index (χ0n) is 24.3. The standard InChI is InChI=1S/C35H32BrCl2N3O4/c36-28-14-10-26(11-15-28)32-35(19-4-8-24-6-2-1-3-7-24,34(43)41-39-23-25-9-18-30(37)31(38)22-25)40-33(45-32)27-12-16-29(17-13-27)44-21-5-20-42/h1-4,6-18,22,32,39,42H,5,19-21,23H2,(H,41,43)/b8-4+/t32-,35-/m0/s1. The van der Waals surface area contributed by atoms with Crippen LogP contribution in [0.2, 0.25) is 10.0 Å². The summed E-state index contributed by atoms with van der Waals surface area (Å²) in [6.07, 6.45) is 4.00. The number of aliphatic hydroxyl groups is 1. The lowest BCUT2D eigenvalue weighted by molar-refractivity contribution is -0.129. The number of aliphatic hydroxyl groups excluding tert-OH is 1. The molecule has 5 rings (SSSR count). The summed E-state index contributed by atoms with van der Waals surface area (Å²) in [7, 11) is 0. The Hall–Kier alpha value is -3.66. The molecule has 0 saturated carbocycles.